The van der Waals surface area contributed by atoms with Crippen molar-refractivity contribution in [3.63, 3.8) is 0 Å². The summed E-state index contributed by atoms with van der Waals surface area (Å²) in [6, 6.07) is 5.39. The SMILES string of the molecule is Cc1ccc(/C=C/C(=O)N(CCCN(C)C)C2CCS(=O)(=O)C2)cc1Cl. The molecule has 1 aromatic rings. The summed E-state index contributed by atoms with van der Waals surface area (Å²) in [4.78, 5) is 16.5. The third kappa shape index (κ3) is 6.11. The van der Waals surface area contributed by atoms with Gasteiger partial charge in [-0.3, -0.25) is 4.79 Å². The zero-order valence-corrected chi connectivity index (χ0v) is 17.2. The summed E-state index contributed by atoms with van der Waals surface area (Å²) in [5, 5.41) is 0.657. The summed E-state index contributed by atoms with van der Waals surface area (Å²) in [6.45, 7) is 3.32. The molecular formula is C19H27ClN2O3S. The second-order valence-electron chi connectivity index (χ2n) is 7.09. The Kier molecular flexibility index (Phi) is 7.26. The first-order valence-electron chi connectivity index (χ1n) is 8.78. The van der Waals surface area contributed by atoms with Gasteiger partial charge in [0.1, 0.15) is 0 Å². The molecule has 1 aromatic carbocycles. The van der Waals surface area contributed by atoms with Gasteiger partial charge in [0.2, 0.25) is 5.91 Å². The summed E-state index contributed by atoms with van der Waals surface area (Å²) in [6.07, 6.45) is 4.57. The zero-order chi connectivity index (χ0) is 19.3. The first-order valence-corrected chi connectivity index (χ1v) is 11.0. The second-order valence-corrected chi connectivity index (χ2v) is 9.72. The van der Waals surface area contributed by atoms with E-state index >= 15 is 0 Å². The molecule has 1 fully saturated rings. The number of benzene rings is 1. The van der Waals surface area contributed by atoms with E-state index in [1.807, 2.05) is 39.2 Å². The Hall–Kier alpha value is -1.37. The Morgan fingerprint density at radius 3 is 2.62 bits per heavy atom. The number of nitrogens with zero attached hydrogens (tertiary/aromatic N) is 2. The first kappa shape index (κ1) is 20.9. The van der Waals surface area contributed by atoms with Crippen molar-refractivity contribution in [2.45, 2.75) is 25.8 Å². The molecule has 1 atom stereocenters. The molecule has 26 heavy (non-hydrogen) atoms. The van der Waals surface area contributed by atoms with Gasteiger partial charge >= 0.3 is 0 Å². The molecule has 144 valence electrons. The van der Waals surface area contributed by atoms with Crippen LogP contribution in [0, 0.1) is 6.92 Å². The number of hydrogen-bond donors (Lipinski definition) is 0. The number of hydrogen-bond acceptors (Lipinski definition) is 4. The van der Waals surface area contributed by atoms with E-state index in [0.29, 0.717) is 18.0 Å². The molecule has 0 spiro atoms. The largest absolute Gasteiger partial charge is 0.335 e. The molecule has 2 rings (SSSR count). The highest BCUT2D eigenvalue weighted by Gasteiger charge is 2.33. The van der Waals surface area contributed by atoms with Gasteiger partial charge in [0.25, 0.3) is 0 Å². The number of aryl methyl sites for hydroxylation is 1. The lowest BCUT2D eigenvalue weighted by Crippen LogP contribution is -2.41. The highest BCUT2D eigenvalue weighted by molar-refractivity contribution is 7.91. The van der Waals surface area contributed by atoms with E-state index in [9.17, 15) is 13.2 Å². The maximum atomic E-state index is 12.7. The summed E-state index contributed by atoms with van der Waals surface area (Å²) < 4.78 is 23.6. The highest BCUT2D eigenvalue weighted by atomic mass is 35.5. The van der Waals surface area contributed by atoms with Gasteiger partial charge in [-0.1, -0.05) is 23.7 Å². The standard InChI is InChI=1S/C19H27ClN2O3S/c1-15-5-6-16(13-18(15)20)7-8-19(23)22(11-4-10-21(2)3)17-9-12-26(24,25)14-17/h5-8,13,17H,4,9-12,14H2,1-3H3/b8-7+. The van der Waals surface area contributed by atoms with Gasteiger partial charge < -0.3 is 9.80 Å². The topological polar surface area (TPSA) is 57.7 Å². The molecule has 0 N–H and O–H groups in total. The van der Waals surface area contributed by atoms with Crippen molar-refractivity contribution >= 4 is 33.4 Å². The first-order chi connectivity index (χ1) is 12.2. The summed E-state index contributed by atoms with van der Waals surface area (Å²) >= 11 is 6.12. The average Bonchev–Trinajstić information content (AvgIpc) is 2.92. The van der Waals surface area contributed by atoms with Crippen molar-refractivity contribution in [3.8, 4) is 0 Å². The molecule has 7 heteroatoms. The van der Waals surface area contributed by atoms with Gasteiger partial charge in [-0.05, 0) is 63.7 Å². The Morgan fingerprint density at radius 1 is 1.31 bits per heavy atom. The van der Waals surface area contributed by atoms with Crippen LogP contribution in [-0.2, 0) is 14.6 Å². The molecule has 1 unspecified atom stereocenters. The average molecular weight is 399 g/mol. The van der Waals surface area contributed by atoms with Crippen LogP contribution in [0.25, 0.3) is 6.08 Å². The minimum Gasteiger partial charge on any atom is -0.335 e. The van der Waals surface area contributed by atoms with E-state index in [4.69, 9.17) is 11.6 Å². The van der Waals surface area contributed by atoms with Crippen LogP contribution < -0.4 is 0 Å². The van der Waals surface area contributed by atoms with E-state index in [2.05, 4.69) is 4.90 Å². The van der Waals surface area contributed by atoms with E-state index in [0.717, 1.165) is 24.1 Å². The predicted molar refractivity (Wildman–Crippen MR) is 107 cm³/mol. The normalized spacial score (nSPS) is 19.3. The maximum absolute atomic E-state index is 12.7. The number of amides is 1. The van der Waals surface area contributed by atoms with Crippen LogP contribution in [-0.4, -0.2) is 68.9 Å². The Morgan fingerprint density at radius 2 is 2.04 bits per heavy atom. The maximum Gasteiger partial charge on any atom is 0.246 e. The van der Waals surface area contributed by atoms with Gasteiger partial charge in [0.15, 0.2) is 9.84 Å². The summed E-state index contributed by atoms with van der Waals surface area (Å²) in [7, 11) is 0.920. The number of carbonyl (C=O) groups excluding carboxylic acids is 1. The molecule has 1 heterocycles. The molecular weight excluding hydrogens is 372 g/mol. The van der Waals surface area contributed by atoms with Crippen LogP contribution in [0.3, 0.4) is 0 Å². The molecule has 1 aliphatic heterocycles. The third-order valence-electron chi connectivity index (χ3n) is 4.55. The zero-order valence-electron chi connectivity index (χ0n) is 15.6. The number of halogens is 1. The van der Waals surface area contributed by atoms with Gasteiger partial charge in [-0.15, -0.1) is 0 Å². The number of carbonyl (C=O) groups is 1. The van der Waals surface area contributed by atoms with Gasteiger partial charge in [-0.25, -0.2) is 8.42 Å². The third-order valence-corrected chi connectivity index (χ3v) is 6.71. The fraction of sp³-hybridized carbons (Fsp3) is 0.526. The van der Waals surface area contributed by atoms with E-state index in [-0.39, 0.29) is 23.5 Å². The fourth-order valence-electron chi connectivity index (χ4n) is 3.03. The summed E-state index contributed by atoms with van der Waals surface area (Å²) in [5.41, 5.74) is 1.83. The van der Waals surface area contributed by atoms with Crippen molar-refractivity contribution in [1.29, 1.82) is 0 Å². The van der Waals surface area contributed by atoms with E-state index < -0.39 is 9.84 Å². The van der Waals surface area contributed by atoms with Crippen LogP contribution in [0.15, 0.2) is 24.3 Å². The molecule has 1 aliphatic rings. The fourth-order valence-corrected chi connectivity index (χ4v) is 4.95. The second kappa shape index (κ2) is 9.02. The lowest BCUT2D eigenvalue weighted by molar-refractivity contribution is -0.127. The molecule has 0 saturated carbocycles. The monoisotopic (exact) mass is 398 g/mol. The van der Waals surface area contributed by atoms with Crippen molar-refractivity contribution in [2.24, 2.45) is 0 Å². The Labute approximate surface area is 161 Å². The van der Waals surface area contributed by atoms with E-state index in [1.54, 1.807) is 11.0 Å². The van der Waals surface area contributed by atoms with Crippen LogP contribution in [0.4, 0.5) is 0 Å². The Balaban J connectivity index is 2.10. The Bertz CT molecular complexity index is 775. The minimum atomic E-state index is -3.04. The van der Waals surface area contributed by atoms with Crippen molar-refractivity contribution in [1.82, 2.24) is 9.80 Å². The van der Waals surface area contributed by atoms with Crippen molar-refractivity contribution in [3.05, 3.63) is 40.4 Å². The molecule has 0 radical (unpaired) electrons. The number of rotatable bonds is 7. The van der Waals surface area contributed by atoms with Crippen LogP contribution in [0.2, 0.25) is 5.02 Å². The quantitative estimate of drug-likeness (QED) is 0.662. The predicted octanol–water partition coefficient (Wildman–Crippen LogP) is 2.63. The van der Waals surface area contributed by atoms with Gasteiger partial charge in [0, 0.05) is 23.7 Å². The highest BCUT2D eigenvalue weighted by Crippen LogP contribution is 2.20. The minimum absolute atomic E-state index is 0.0604. The summed E-state index contributed by atoms with van der Waals surface area (Å²) in [5.74, 6) is 0.0691. The molecule has 0 bridgehead atoms. The van der Waals surface area contributed by atoms with Crippen molar-refractivity contribution < 1.29 is 13.2 Å². The molecule has 5 nitrogen and oxygen atoms in total. The van der Waals surface area contributed by atoms with Crippen LogP contribution >= 0.6 is 11.6 Å². The molecule has 0 aliphatic carbocycles. The molecule has 1 amide bonds. The van der Waals surface area contributed by atoms with E-state index in [1.165, 1.54) is 6.08 Å². The van der Waals surface area contributed by atoms with Crippen LogP contribution in [0.1, 0.15) is 24.0 Å². The molecule has 1 saturated heterocycles. The number of sulfone groups is 1. The smallest absolute Gasteiger partial charge is 0.246 e. The van der Waals surface area contributed by atoms with Crippen LogP contribution in [0.5, 0.6) is 0 Å². The lowest BCUT2D eigenvalue weighted by atomic mass is 10.1. The van der Waals surface area contributed by atoms with Crippen molar-refractivity contribution in [2.75, 3.05) is 38.7 Å². The molecule has 0 aromatic heterocycles. The van der Waals surface area contributed by atoms with Gasteiger partial charge in [-0.2, -0.15) is 0 Å². The lowest BCUT2D eigenvalue weighted by Gasteiger charge is -2.27. The van der Waals surface area contributed by atoms with Gasteiger partial charge in [0.05, 0.1) is 11.5 Å².